The second-order valence-electron chi connectivity index (χ2n) is 4.72. The van der Waals surface area contributed by atoms with Crippen LogP contribution in [-0.2, 0) is 4.79 Å². The number of carbonyl (C=O) groups is 2. The highest BCUT2D eigenvalue weighted by molar-refractivity contribution is 5.97. The number of β-amino-alcohol motifs (C(OH)–C–C–N with tert-alkyl or cyclic N) is 1. The Hall–Kier alpha value is -1.95. The molecule has 1 fully saturated rings. The Morgan fingerprint density at radius 1 is 1.37 bits per heavy atom. The molecule has 1 aromatic carbocycles. The van der Waals surface area contributed by atoms with E-state index in [2.05, 4.69) is 0 Å². The molecule has 102 valence electrons. The van der Waals surface area contributed by atoms with Crippen molar-refractivity contribution in [1.29, 1.82) is 0 Å². The van der Waals surface area contributed by atoms with Crippen LogP contribution in [0.25, 0.3) is 0 Å². The van der Waals surface area contributed by atoms with Crippen molar-refractivity contribution in [3.8, 4) is 0 Å². The summed E-state index contributed by atoms with van der Waals surface area (Å²) >= 11 is 0. The van der Waals surface area contributed by atoms with Gasteiger partial charge in [-0.25, -0.2) is 9.18 Å². The summed E-state index contributed by atoms with van der Waals surface area (Å²) in [6, 6.07) is 2.78. The van der Waals surface area contributed by atoms with Gasteiger partial charge in [0.25, 0.3) is 5.91 Å². The van der Waals surface area contributed by atoms with E-state index in [1.54, 1.807) is 6.92 Å². The van der Waals surface area contributed by atoms with Gasteiger partial charge in [0.15, 0.2) is 0 Å². The van der Waals surface area contributed by atoms with E-state index in [1.165, 1.54) is 12.1 Å². The predicted octanol–water partition coefficient (Wildman–Crippen LogP) is 0.794. The van der Waals surface area contributed by atoms with Crippen LogP contribution in [0.4, 0.5) is 4.39 Å². The molecule has 5 nitrogen and oxygen atoms in total. The van der Waals surface area contributed by atoms with E-state index in [9.17, 15) is 19.1 Å². The third-order valence-corrected chi connectivity index (χ3v) is 3.11. The molecule has 1 saturated heterocycles. The van der Waals surface area contributed by atoms with Gasteiger partial charge in [0.1, 0.15) is 11.9 Å². The monoisotopic (exact) mass is 267 g/mol. The molecule has 0 aliphatic carbocycles. The molecular formula is C13H14FNO4. The van der Waals surface area contributed by atoms with Crippen molar-refractivity contribution < 1.29 is 24.2 Å². The van der Waals surface area contributed by atoms with Gasteiger partial charge in [-0.3, -0.25) is 4.79 Å². The number of nitrogens with zero attached hydrogens (tertiary/aromatic N) is 1. The second-order valence-corrected chi connectivity index (χ2v) is 4.72. The number of hydrogen-bond donors (Lipinski definition) is 2. The molecule has 1 unspecified atom stereocenters. The van der Waals surface area contributed by atoms with Gasteiger partial charge in [-0.2, -0.15) is 0 Å². The highest BCUT2D eigenvalue weighted by atomic mass is 19.1. The first kappa shape index (κ1) is 13.5. The highest BCUT2D eigenvalue weighted by Crippen LogP contribution is 2.21. The molecular weight excluding hydrogens is 253 g/mol. The van der Waals surface area contributed by atoms with Crippen LogP contribution in [0.5, 0.6) is 0 Å². The summed E-state index contributed by atoms with van der Waals surface area (Å²) in [7, 11) is 0. The third-order valence-electron chi connectivity index (χ3n) is 3.11. The molecule has 6 heteroatoms. The van der Waals surface area contributed by atoms with Crippen molar-refractivity contribution in [3.05, 3.63) is 35.1 Å². The van der Waals surface area contributed by atoms with Crippen molar-refractivity contribution in [2.75, 3.05) is 6.54 Å². The van der Waals surface area contributed by atoms with Crippen LogP contribution in [0.3, 0.4) is 0 Å². The van der Waals surface area contributed by atoms with E-state index < -0.39 is 29.8 Å². The van der Waals surface area contributed by atoms with Crippen LogP contribution in [0, 0.1) is 12.7 Å². The van der Waals surface area contributed by atoms with Gasteiger partial charge in [0, 0.05) is 18.5 Å². The molecule has 1 heterocycles. The van der Waals surface area contributed by atoms with Gasteiger partial charge in [0.2, 0.25) is 0 Å². The summed E-state index contributed by atoms with van der Waals surface area (Å²) in [6.07, 6.45) is -0.866. The fourth-order valence-electron chi connectivity index (χ4n) is 2.30. The lowest BCUT2D eigenvalue weighted by atomic mass is 10.1. The SMILES string of the molecule is Cc1cc(F)cc(C(=O)N2CC(O)C[C@H]2C(=O)O)c1. The summed E-state index contributed by atoms with van der Waals surface area (Å²) in [5, 5.41) is 18.5. The number of aliphatic carboxylic acids is 1. The maximum atomic E-state index is 13.3. The number of aliphatic hydroxyl groups excluding tert-OH is 1. The molecule has 1 aromatic rings. The predicted molar refractivity (Wildman–Crippen MR) is 64.2 cm³/mol. The Morgan fingerprint density at radius 2 is 2.05 bits per heavy atom. The number of halogens is 1. The summed E-state index contributed by atoms with van der Waals surface area (Å²) in [5.74, 6) is -2.29. The normalized spacial score (nSPS) is 22.6. The Kier molecular flexibility index (Phi) is 3.53. The second kappa shape index (κ2) is 4.97. The number of carboxylic acids is 1. The first-order valence-corrected chi connectivity index (χ1v) is 5.87. The minimum atomic E-state index is -1.17. The van der Waals surface area contributed by atoms with Gasteiger partial charge < -0.3 is 15.1 Å². The molecule has 19 heavy (non-hydrogen) atoms. The molecule has 1 aliphatic rings. The van der Waals surface area contributed by atoms with Gasteiger partial charge in [-0.15, -0.1) is 0 Å². The Bertz CT molecular complexity index is 511. The van der Waals surface area contributed by atoms with Crippen molar-refractivity contribution in [1.82, 2.24) is 4.90 Å². The number of rotatable bonds is 2. The molecule has 2 atom stereocenters. The molecule has 0 aromatic heterocycles. The van der Waals surface area contributed by atoms with E-state index in [0.717, 1.165) is 11.0 Å². The minimum Gasteiger partial charge on any atom is -0.480 e. The standard InChI is InChI=1S/C13H14FNO4/c1-7-2-8(4-9(14)3-7)12(17)15-6-10(16)5-11(15)13(18)19/h2-4,10-11,16H,5-6H2,1H3,(H,18,19)/t10?,11-/m0/s1. The lowest BCUT2D eigenvalue weighted by molar-refractivity contribution is -0.141. The van der Waals surface area contributed by atoms with Crippen LogP contribution in [0.1, 0.15) is 22.3 Å². The fraction of sp³-hybridized carbons (Fsp3) is 0.385. The van der Waals surface area contributed by atoms with E-state index in [0.29, 0.717) is 5.56 Å². The molecule has 0 bridgehead atoms. The van der Waals surface area contributed by atoms with Crippen molar-refractivity contribution >= 4 is 11.9 Å². The number of carbonyl (C=O) groups excluding carboxylic acids is 1. The van der Waals surface area contributed by atoms with Crippen LogP contribution in [0.15, 0.2) is 18.2 Å². The zero-order chi connectivity index (χ0) is 14.2. The number of aryl methyl sites for hydroxylation is 1. The first-order valence-electron chi connectivity index (χ1n) is 5.87. The van der Waals surface area contributed by atoms with Crippen LogP contribution in [0.2, 0.25) is 0 Å². The number of benzene rings is 1. The molecule has 1 aliphatic heterocycles. The van der Waals surface area contributed by atoms with Gasteiger partial charge in [-0.05, 0) is 30.7 Å². The maximum absolute atomic E-state index is 13.3. The third kappa shape index (κ3) is 2.73. The number of hydrogen-bond acceptors (Lipinski definition) is 3. The topological polar surface area (TPSA) is 77.8 Å². The Balaban J connectivity index is 2.30. The molecule has 2 N–H and O–H groups in total. The van der Waals surface area contributed by atoms with Crippen LogP contribution in [-0.4, -0.2) is 45.7 Å². The average molecular weight is 267 g/mol. The van der Waals surface area contributed by atoms with E-state index >= 15 is 0 Å². The number of likely N-dealkylation sites (tertiary alicyclic amines) is 1. The fourth-order valence-corrected chi connectivity index (χ4v) is 2.30. The smallest absolute Gasteiger partial charge is 0.326 e. The lowest BCUT2D eigenvalue weighted by Gasteiger charge is -2.21. The minimum absolute atomic E-state index is 0.00459. The molecule has 1 amide bonds. The van der Waals surface area contributed by atoms with Crippen molar-refractivity contribution in [2.24, 2.45) is 0 Å². The zero-order valence-electron chi connectivity index (χ0n) is 10.3. The van der Waals surface area contributed by atoms with E-state index in [4.69, 9.17) is 5.11 Å². The van der Waals surface area contributed by atoms with Crippen LogP contribution >= 0.6 is 0 Å². The maximum Gasteiger partial charge on any atom is 0.326 e. The molecule has 2 rings (SSSR count). The molecule has 0 saturated carbocycles. The zero-order valence-corrected chi connectivity index (χ0v) is 10.3. The number of amides is 1. The van der Waals surface area contributed by atoms with Crippen molar-refractivity contribution in [3.63, 3.8) is 0 Å². The van der Waals surface area contributed by atoms with E-state index in [1.807, 2.05) is 0 Å². The Morgan fingerprint density at radius 3 is 2.63 bits per heavy atom. The summed E-state index contributed by atoms with van der Waals surface area (Å²) in [5.41, 5.74) is 0.674. The average Bonchev–Trinajstić information content (AvgIpc) is 2.69. The van der Waals surface area contributed by atoms with Gasteiger partial charge in [-0.1, -0.05) is 0 Å². The largest absolute Gasteiger partial charge is 0.480 e. The molecule has 0 spiro atoms. The first-order chi connectivity index (χ1) is 8.88. The lowest BCUT2D eigenvalue weighted by Crippen LogP contribution is -2.40. The van der Waals surface area contributed by atoms with Crippen molar-refractivity contribution in [2.45, 2.75) is 25.5 Å². The summed E-state index contributed by atoms with van der Waals surface area (Å²) < 4.78 is 13.3. The summed E-state index contributed by atoms with van der Waals surface area (Å²) in [4.78, 5) is 24.3. The quantitative estimate of drug-likeness (QED) is 0.830. The van der Waals surface area contributed by atoms with Gasteiger partial charge >= 0.3 is 5.97 Å². The molecule has 0 radical (unpaired) electrons. The number of carboxylic acid groups (broad SMARTS) is 1. The number of aliphatic hydroxyl groups is 1. The Labute approximate surface area is 109 Å². The van der Waals surface area contributed by atoms with Gasteiger partial charge in [0.05, 0.1) is 6.10 Å². The van der Waals surface area contributed by atoms with E-state index in [-0.39, 0.29) is 18.5 Å². The highest BCUT2D eigenvalue weighted by Gasteiger charge is 2.39. The summed E-state index contributed by atoms with van der Waals surface area (Å²) in [6.45, 7) is 1.60. The van der Waals surface area contributed by atoms with Crippen LogP contribution < -0.4 is 0 Å².